The molecule has 3 rings (SSSR count). The van der Waals surface area contributed by atoms with Crippen LogP contribution in [0.3, 0.4) is 0 Å². The summed E-state index contributed by atoms with van der Waals surface area (Å²) in [7, 11) is 2.23. The lowest BCUT2D eigenvalue weighted by atomic mass is 10.1. The molecular weight excluding hydrogens is 208 g/mol. The van der Waals surface area contributed by atoms with Gasteiger partial charge in [0.2, 0.25) is 0 Å². The molecule has 3 atom stereocenters. The first-order valence-electron chi connectivity index (χ1n) is 6.78. The topological polar surface area (TPSA) is 15.3 Å². The third kappa shape index (κ3) is 2.12. The second-order valence-corrected chi connectivity index (χ2v) is 5.68. The zero-order chi connectivity index (χ0) is 11.8. The van der Waals surface area contributed by atoms with Crippen molar-refractivity contribution in [3.63, 3.8) is 0 Å². The molecule has 1 saturated heterocycles. The quantitative estimate of drug-likeness (QED) is 0.839. The summed E-state index contributed by atoms with van der Waals surface area (Å²) < 4.78 is 0. The van der Waals surface area contributed by atoms with E-state index in [1.807, 2.05) is 0 Å². The van der Waals surface area contributed by atoms with E-state index in [1.54, 1.807) is 5.56 Å². The average molecular weight is 230 g/mol. The zero-order valence-corrected chi connectivity index (χ0v) is 10.8. The first kappa shape index (κ1) is 11.2. The van der Waals surface area contributed by atoms with E-state index in [0.717, 1.165) is 6.04 Å². The van der Waals surface area contributed by atoms with Gasteiger partial charge < -0.3 is 10.2 Å². The van der Waals surface area contributed by atoms with E-state index < -0.39 is 0 Å². The summed E-state index contributed by atoms with van der Waals surface area (Å²) in [6.45, 7) is 3.52. The van der Waals surface area contributed by atoms with Crippen molar-refractivity contribution in [1.82, 2.24) is 10.2 Å². The van der Waals surface area contributed by atoms with Crippen molar-refractivity contribution in [2.45, 2.75) is 44.3 Å². The summed E-state index contributed by atoms with van der Waals surface area (Å²) >= 11 is 0. The highest BCUT2D eigenvalue weighted by molar-refractivity contribution is 5.34. The minimum Gasteiger partial charge on any atom is -0.306 e. The number of nitrogens with one attached hydrogen (secondary N) is 1. The smallest absolute Gasteiger partial charge is 0.0329 e. The second kappa shape index (κ2) is 4.43. The van der Waals surface area contributed by atoms with Crippen LogP contribution in [0.15, 0.2) is 24.3 Å². The number of hydrogen-bond donors (Lipinski definition) is 1. The molecule has 1 aliphatic carbocycles. The minimum atomic E-state index is 0.592. The Bertz CT molecular complexity index is 392. The first-order valence-corrected chi connectivity index (χ1v) is 6.78. The van der Waals surface area contributed by atoms with E-state index in [1.165, 1.54) is 31.4 Å². The Kier molecular flexibility index (Phi) is 2.93. The number of aryl methyl sites for hydroxylation is 1. The summed E-state index contributed by atoms with van der Waals surface area (Å²) in [5.41, 5.74) is 3.08. The molecule has 0 bridgehead atoms. The van der Waals surface area contributed by atoms with Crippen LogP contribution in [-0.4, -0.2) is 30.6 Å². The van der Waals surface area contributed by atoms with Crippen molar-refractivity contribution in [3.05, 3.63) is 35.4 Å². The number of hydrogen-bond acceptors (Lipinski definition) is 2. The number of fused-ring (bicyclic) bond motifs is 1. The van der Waals surface area contributed by atoms with Crippen LogP contribution in [0.25, 0.3) is 0 Å². The summed E-state index contributed by atoms with van der Waals surface area (Å²) in [5.74, 6) is 0. The maximum atomic E-state index is 3.85. The molecule has 1 heterocycles. The van der Waals surface area contributed by atoms with Gasteiger partial charge in [-0.15, -0.1) is 0 Å². The molecular formula is C15H22N2. The molecule has 0 saturated carbocycles. The predicted octanol–water partition coefficient (Wildman–Crippen LogP) is 2.36. The Balaban J connectivity index is 1.68. The Labute approximate surface area is 104 Å². The van der Waals surface area contributed by atoms with Crippen molar-refractivity contribution in [3.8, 4) is 0 Å². The molecule has 1 fully saturated rings. The summed E-state index contributed by atoms with van der Waals surface area (Å²) in [5, 5.41) is 3.85. The van der Waals surface area contributed by atoms with E-state index in [2.05, 4.69) is 48.5 Å². The molecule has 1 aliphatic heterocycles. The van der Waals surface area contributed by atoms with Gasteiger partial charge in [-0.2, -0.15) is 0 Å². The number of likely N-dealkylation sites (tertiary alicyclic amines) is 1. The molecule has 2 nitrogen and oxygen atoms in total. The van der Waals surface area contributed by atoms with Gasteiger partial charge in [0.25, 0.3) is 0 Å². The molecule has 0 amide bonds. The fourth-order valence-electron chi connectivity index (χ4n) is 3.33. The van der Waals surface area contributed by atoms with Crippen molar-refractivity contribution in [2.75, 3.05) is 13.6 Å². The monoisotopic (exact) mass is 230 g/mol. The lowest BCUT2D eigenvalue weighted by Gasteiger charge is -2.19. The van der Waals surface area contributed by atoms with Crippen LogP contribution in [0.4, 0.5) is 0 Å². The summed E-state index contributed by atoms with van der Waals surface area (Å²) in [6.07, 6.45) is 3.80. The fourth-order valence-corrected chi connectivity index (χ4v) is 3.33. The van der Waals surface area contributed by atoms with Crippen molar-refractivity contribution in [1.29, 1.82) is 0 Å². The van der Waals surface area contributed by atoms with Crippen LogP contribution in [0.1, 0.15) is 36.9 Å². The van der Waals surface area contributed by atoms with Gasteiger partial charge >= 0.3 is 0 Å². The van der Waals surface area contributed by atoms with Gasteiger partial charge in [-0.1, -0.05) is 24.3 Å². The second-order valence-electron chi connectivity index (χ2n) is 5.68. The van der Waals surface area contributed by atoms with Crippen molar-refractivity contribution in [2.24, 2.45) is 0 Å². The molecule has 92 valence electrons. The Hall–Kier alpha value is -0.860. The van der Waals surface area contributed by atoms with Crippen molar-refractivity contribution >= 4 is 0 Å². The van der Waals surface area contributed by atoms with Crippen LogP contribution < -0.4 is 5.32 Å². The van der Waals surface area contributed by atoms with Crippen LogP contribution in [-0.2, 0) is 6.42 Å². The largest absolute Gasteiger partial charge is 0.306 e. The molecule has 2 heteroatoms. The van der Waals surface area contributed by atoms with Gasteiger partial charge in [0.05, 0.1) is 0 Å². The minimum absolute atomic E-state index is 0.592. The van der Waals surface area contributed by atoms with Gasteiger partial charge in [-0.25, -0.2) is 0 Å². The van der Waals surface area contributed by atoms with Gasteiger partial charge in [-0.05, 0) is 44.4 Å². The van der Waals surface area contributed by atoms with Gasteiger partial charge in [0.1, 0.15) is 0 Å². The van der Waals surface area contributed by atoms with Gasteiger partial charge in [0, 0.05) is 24.7 Å². The zero-order valence-electron chi connectivity index (χ0n) is 10.8. The predicted molar refractivity (Wildman–Crippen MR) is 71.1 cm³/mol. The number of benzene rings is 1. The Morgan fingerprint density at radius 1 is 1.29 bits per heavy atom. The molecule has 0 aromatic heterocycles. The maximum Gasteiger partial charge on any atom is 0.0329 e. The van der Waals surface area contributed by atoms with Gasteiger partial charge in [-0.3, -0.25) is 0 Å². The average Bonchev–Trinajstić information content (AvgIpc) is 2.85. The van der Waals surface area contributed by atoms with Crippen molar-refractivity contribution < 1.29 is 0 Å². The number of nitrogens with zero attached hydrogens (tertiary/aromatic N) is 1. The molecule has 0 spiro atoms. The van der Waals surface area contributed by atoms with Crippen LogP contribution in [0, 0.1) is 0 Å². The molecule has 1 aromatic carbocycles. The Morgan fingerprint density at radius 2 is 2.12 bits per heavy atom. The van der Waals surface area contributed by atoms with E-state index in [0.29, 0.717) is 12.1 Å². The van der Waals surface area contributed by atoms with Crippen LogP contribution in [0.2, 0.25) is 0 Å². The van der Waals surface area contributed by atoms with E-state index in [4.69, 9.17) is 0 Å². The maximum absolute atomic E-state index is 3.85. The highest BCUT2D eigenvalue weighted by atomic mass is 15.2. The third-order valence-corrected chi connectivity index (χ3v) is 4.46. The highest BCUT2D eigenvalue weighted by Gasteiger charge is 2.30. The fraction of sp³-hybridized carbons (Fsp3) is 0.600. The number of likely N-dealkylation sites (N-methyl/N-ethyl adjacent to an activating group) is 1. The normalized spacial score (nSPS) is 32.9. The molecule has 1 N–H and O–H groups in total. The molecule has 1 aromatic rings. The summed E-state index contributed by atoms with van der Waals surface area (Å²) in [6, 6.07) is 10.9. The SMILES string of the molecule is CC1CC(NC2CCc3ccccc32)CN1C. The standard InChI is InChI=1S/C15H22N2/c1-11-9-13(10-17(11)2)16-15-8-7-12-5-3-4-6-14(12)15/h3-6,11,13,15-16H,7-10H2,1-2H3. The van der Waals surface area contributed by atoms with E-state index in [9.17, 15) is 0 Å². The molecule has 2 aliphatic rings. The lowest BCUT2D eigenvalue weighted by molar-refractivity contribution is 0.324. The lowest BCUT2D eigenvalue weighted by Crippen LogP contribution is -2.33. The highest BCUT2D eigenvalue weighted by Crippen LogP contribution is 2.32. The Morgan fingerprint density at radius 3 is 2.88 bits per heavy atom. The van der Waals surface area contributed by atoms with Crippen LogP contribution in [0.5, 0.6) is 0 Å². The van der Waals surface area contributed by atoms with E-state index in [-0.39, 0.29) is 0 Å². The molecule has 3 unspecified atom stereocenters. The third-order valence-electron chi connectivity index (χ3n) is 4.46. The van der Waals surface area contributed by atoms with Gasteiger partial charge in [0.15, 0.2) is 0 Å². The molecule has 0 radical (unpaired) electrons. The number of rotatable bonds is 2. The first-order chi connectivity index (χ1) is 8.24. The van der Waals surface area contributed by atoms with Crippen LogP contribution >= 0.6 is 0 Å². The van der Waals surface area contributed by atoms with E-state index >= 15 is 0 Å². The summed E-state index contributed by atoms with van der Waals surface area (Å²) in [4.78, 5) is 2.46. The molecule has 17 heavy (non-hydrogen) atoms.